The standard InChI is InChI=1S/C13H15N5O/c1-8-4-2-3-5-9(8)10-6-7-15-13-16-12(11(14)19)17-18(10)13/h2-5,10H,6-7H2,1H3,(H2,14,19)(H,15,16,17). The number of carbonyl (C=O) groups excluding carboxylic acids is 1. The summed E-state index contributed by atoms with van der Waals surface area (Å²) < 4.78 is 1.76. The highest BCUT2D eigenvalue weighted by Crippen LogP contribution is 2.29. The molecule has 1 aromatic carbocycles. The monoisotopic (exact) mass is 257 g/mol. The second-order valence-electron chi connectivity index (χ2n) is 4.66. The summed E-state index contributed by atoms with van der Waals surface area (Å²) in [6, 6.07) is 8.27. The lowest BCUT2D eigenvalue weighted by molar-refractivity contribution is 0.0990. The van der Waals surface area contributed by atoms with Gasteiger partial charge in [0.05, 0.1) is 6.04 Å². The van der Waals surface area contributed by atoms with Crippen molar-refractivity contribution < 1.29 is 4.79 Å². The molecule has 1 atom stereocenters. The first-order valence-corrected chi connectivity index (χ1v) is 6.22. The van der Waals surface area contributed by atoms with Crippen LogP contribution in [0.3, 0.4) is 0 Å². The molecule has 1 aliphatic heterocycles. The number of hydrogen-bond donors (Lipinski definition) is 2. The first-order valence-electron chi connectivity index (χ1n) is 6.22. The number of nitrogens with two attached hydrogens (primary N) is 1. The van der Waals surface area contributed by atoms with Crippen LogP contribution in [0.15, 0.2) is 24.3 Å². The predicted octanol–water partition coefficient (Wildman–Crippen LogP) is 1.09. The van der Waals surface area contributed by atoms with Gasteiger partial charge < -0.3 is 11.1 Å². The molecule has 6 heteroatoms. The van der Waals surface area contributed by atoms with Gasteiger partial charge in [0.2, 0.25) is 11.8 Å². The third-order valence-electron chi connectivity index (χ3n) is 3.40. The summed E-state index contributed by atoms with van der Waals surface area (Å²) in [5.74, 6) is 0.0588. The molecule has 3 rings (SSSR count). The molecule has 6 nitrogen and oxygen atoms in total. The molecule has 0 bridgehead atoms. The lowest BCUT2D eigenvalue weighted by atomic mass is 9.98. The highest BCUT2D eigenvalue weighted by atomic mass is 16.1. The average molecular weight is 257 g/mol. The minimum absolute atomic E-state index is 0.0583. The summed E-state index contributed by atoms with van der Waals surface area (Å²) in [6.07, 6.45) is 0.902. The van der Waals surface area contributed by atoms with Crippen LogP contribution in [0.25, 0.3) is 0 Å². The molecule has 1 unspecified atom stereocenters. The number of hydrogen-bond acceptors (Lipinski definition) is 4. The summed E-state index contributed by atoms with van der Waals surface area (Å²) in [7, 11) is 0. The van der Waals surface area contributed by atoms with Gasteiger partial charge in [-0.25, -0.2) is 4.68 Å². The quantitative estimate of drug-likeness (QED) is 0.843. The van der Waals surface area contributed by atoms with E-state index in [4.69, 9.17) is 5.73 Å². The molecule has 2 aromatic rings. The van der Waals surface area contributed by atoms with Crippen LogP contribution in [0, 0.1) is 6.92 Å². The molecule has 3 N–H and O–H groups in total. The van der Waals surface area contributed by atoms with Crippen LogP contribution < -0.4 is 11.1 Å². The molecular weight excluding hydrogens is 242 g/mol. The van der Waals surface area contributed by atoms with Gasteiger partial charge in [0.25, 0.3) is 5.91 Å². The van der Waals surface area contributed by atoms with Crippen LogP contribution in [0.5, 0.6) is 0 Å². The Balaban J connectivity index is 2.07. The van der Waals surface area contributed by atoms with Crippen molar-refractivity contribution in [3.05, 3.63) is 41.2 Å². The number of fused-ring (bicyclic) bond motifs is 1. The largest absolute Gasteiger partial charge is 0.363 e. The minimum Gasteiger partial charge on any atom is -0.363 e. The Morgan fingerprint density at radius 3 is 3.00 bits per heavy atom. The van der Waals surface area contributed by atoms with E-state index in [1.54, 1.807) is 4.68 Å². The van der Waals surface area contributed by atoms with E-state index in [9.17, 15) is 4.79 Å². The molecule has 0 saturated carbocycles. The van der Waals surface area contributed by atoms with Crippen molar-refractivity contribution in [1.29, 1.82) is 0 Å². The fourth-order valence-electron chi connectivity index (χ4n) is 2.46. The number of benzene rings is 1. The number of aryl methyl sites for hydroxylation is 1. The fourth-order valence-corrected chi connectivity index (χ4v) is 2.46. The third-order valence-corrected chi connectivity index (χ3v) is 3.40. The average Bonchev–Trinajstić information content (AvgIpc) is 2.83. The molecule has 98 valence electrons. The highest BCUT2D eigenvalue weighted by Gasteiger charge is 2.26. The van der Waals surface area contributed by atoms with Gasteiger partial charge in [-0.3, -0.25) is 4.79 Å². The van der Waals surface area contributed by atoms with Crippen molar-refractivity contribution in [1.82, 2.24) is 14.8 Å². The summed E-state index contributed by atoms with van der Waals surface area (Å²) in [4.78, 5) is 15.3. The number of carbonyl (C=O) groups is 1. The Morgan fingerprint density at radius 2 is 2.26 bits per heavy atom. The second kappa shape index (κ2) is 4.38. The van der Waals surface area contributed by atoms with Gasteiger partial charge in [-0.05, 0) is 24.5 Å². The Labute approximate surface area is 110 Å². The zero-order chi connectivity index (χ0) is 13.4. The molecule has 1 aliphatic rings. The maximum Gasteiger partial charge on any atom is 0.288 e. The lowest BCUT2D eigenvalue weighted by Gasteiger charge is -2.25. The fraction of sp³-hybridized carbons (Fsp3) is 0.308. The van der Waals surface area contributed by atoms with Gasteiger partial charge in [-0.15, -0.1) is 5.10 Å². The molecular formula is C13H15N5O. The molecule has 19 heavy (non-hydrogen) atoms. The summed E-state index contributed by atoms with van der Waals surface area (Å²) in [6.45, 7) is 2.87. The maximum absolute atomic E-state index is 11.2. The number of aromatic nitrogens is 3. The second-order valence-corrected chi connectivity index (χ2v) is 4.66. The van der Waals surface area contributed by atoms with Gasteiger partial charge in [0.1, 0.15) is 0 Å². The number of amides is 1. The number of nitrogens with one attached hydrogen (secondary N) is 1. The van der Waals surface area contributed by atoms with Gasteiger partial charge >= 0.3 is 0 Å². The smallest absolute Gasteiger partial charge is 0.288 e. The van der Waals surface area contributed by atoms with Crippen molar-refractivity contribution >= 4 is 11.9 Å². The minimum atomic E-state index is -0.604. The van der Waals surface area contributed by atoms with Crippen LogP contribution >= 0.6 is 0 Å². The van der Waals surface area contributed by atoms with E-state index in [-0.39, 0.29) is 11.9 Å². The van der Waals surface area contributed by atoms with E-state index in [1.807, 2.05) is 12.1 Å². The van der Waals surface area contributed by atoms with Crippen molar-refractivity contribution in [3.8, 4) is 0 Å². The van der Waals surface area contributed by atoms with E-state index in [1.165, 1.54) is 11.1 Å². The van der Waals surface area contributed by atoms with Crippen LogP contribution in [0.2, 0.25) is 0 Å². The van der Waals surface area contributed by atoms with Crippen LogP contribution in [-0.2, 0) is 0 Å². The first-order chi connectivity index (χ1) is 9.16. The molecule has 2 heterocycles. The molecule has 1 amide bonds. The Bertz CT molecular complexity index is 634. The van der Waals surface area contributed by atoms with E-state index in [2.05, 4.69) is 34.5 Å². The van der Waals surface area contributed by atoms with Crippen molar-refractivity contribution in [2.45, 2.75) is 19.4 Å². The lowest BCUT2D eigenvalue weighted by Crippen LogP contribution is -2.25. The third kappa shape index (κ3) is 1.95. The summed E-state index contributed by atoms with van der Waals surface area (Å²) in [5.41, 5.74) is 7.64. The van der Waals surface area contributed by atoms with E-state index in [0.29, 0.717) is 5.95 Å². The number of nitrogens with zero attached hydrogens (tertiary/aromatic N) is 3. The highest BCUT2D eigenvalue weighted by molar-refractivity contribution is 5.89. The van der Waals surface area contributed by atoms with Gasteiger partial charge in [-0.1, -0.05) is 24.3 Å². The van der Waals surface area contributed by atoms with Crippen molar-refractivity contribution in [3.63, 3.8) is 0 Å². The normalized spacial score (nSPS) is 17.6. The summed E-state index contributed by atoms with van der Waals surface area (Å²) >= 11 is 0. The molecule has 0 aliphatic carbocycles. The topological polar surface area (TPSA) is 85.8 Å². The summed E-state index contributed by atoms with van der Waals surface area (Å²) in [5, 5.41) is 7.36. The van der Waals surface area contributed by atoms with Crippen LogP contribution in [-0.4, -0.2) is 27.2 Å². The molecule has 0 spiro atoms. The van der Waals surface area contributed by atoms with Crippen molar-refractivity contribution in [2.75, 3.05) is 11.9 Å². The SMILES string of the molecule is Cc1ccccc1C1CCNc2nc(C(N)=O)nn21. The van der Waals surface area contributed by atoms with Crippen LogP contribution in [0.1, 0.15) is 34.2 Å². The van der Waals surface area contributed by atoms with Gasteiger partial charge in [-0.2, -0.15) is 4.98 Å². The zero-order valence-electron chi connectivity index (χ0n) is 10.6. The van der Waals surface area contributed by atoms with E-state index < -0.39 is 5.91 Å². The molecule has 1 aromatic heterocycles. The molecule has 0 saturated heterocycles. The Kier molecular flexibility index (Phi) is 2.70. The molecule has 0 fully saturated rings. The van der Waals surface area contributed by atoms with Crippen LogP contribution in [0.4, 0.5) is 5.95 Å². The number of primary amides is 1. The van der Waals surface area contributed by atoms with Crippen molar-refractivity contribution in [2.24, 2.45) is 5.73 Å². The first kappa shape index (κ1) is 11.7. The number of rotatable bonds is 2. The van der Waals surface area contributed by atoms with Gasteiger partial charge in [0.15, 0.2) is 0 Å². The maximum atomic E-state index is 11.2. The van der Waals surface area contributed by atoms with E-state index in [0.717, 1.165) is 13.0 Å². The zero-order valence-corrected chi connectivity index (χ0v) is 10.6. The van der Waals surface area contributed by atoms with E-state index >= 15 is 0 Å². The van der Waals surface area contributed by atoms with Gasteiger partial charge in [0, 0.05) is 6.54 Å². The Hall–Kier alpha value is -2.37. The Morgan fingerprint density at radius 1 is 1.47 bits per heavy atom. The molecule has 0 radical (unpaired) electrons. The predicted molar refractivity (Wildman–Crippen MR) is 71.0 cm³/mol. The number of anilines is 1.